The van der Waals surface area contributed by atoms with Crippen LogP contribution in [-0.4, -0.2) is 53.9 Å². The molecule has 8 heteroatoms. The summed E-state index contributed by atoms with van der Waals surface area (Å²) in [4.78, 5) is 12.0. The Morgan fingerprint density at radius 1 is 1.50 bits per heavy atom. The molecule has 0 N–H and O–H groups in total. The zero-order chi connectivity index (χ0) is 14.1. The number of hydrogen-bond acceptors (Lipinski definition) is 4. The Kier molecular flexibility index (Phi) is 4.92. The molecule has 1 atom stereocenters. The number of ether oxygens (including phenoxy) is 1. The second kappa shape index (κ2) is 5.53. The number of amides is 1. The summed E-state index contributed by atoms with van der Waals surface area (Å²) in [6, 6.07) is 0. The van der Waals surface area contributed by atoms with Crippen LogP contribution in [0.1, 0.15) is 20.8 Å². The Morgan fingerprint density at radius 2 is 2.06 bits per heavy atom. The smallest absolute Gasteiger partial charge is 0.258 e. The fourth-order valence-electron chi connectivity index (χ4n) is 1.89. The fourth-order valence-corrected chi connectivity index (χ4v) is 3.10. The number of nitrogens with zero attached hydrogens (tertiary/aromatic N) is 1. The Bertz CT molecular complexity index is 422. The van der Waals surface area contributed by atoms with Gasteiger partial charge < -0.3 is 9.64 Å². The highest BCUT2D eigenvalue weighted by molar-refractivity contribution is 7.91. The molecular weight excluding hydrogens is 301 g/mol. The van der Waals surface area contributed by atoms with Crippen molar-refractivity contribution < 1.29 is 17.9 Å². The van der Waals surface area contributed by atoms with Gasteiger partial charge in [-0.05, 0) is 13.8 Å². The summed E-state index contributed by atoms with van der Waals surface area (Å²) in [7, 11) is -3.15. The highest BCUT2D eigenvalue weighted by Gasteiger charge is 2.44. The number of carbonyl (C=O) groups is 1. The Morgan fingerprint density at radius 3 is 2.50 bits per heavy atom. The van der Waals surface area contributed by atoms with E-state index in [1.807, 2.05) is 0 Å². The molecule has 1 aliphatic heterocycles. The summed E-state index contributed by atoms with van der Waals surface area (Å²) in [5.74, 6) is -0.527. The predicted octanol–water partition coefficient (Wildman–Crippen LogP) is 1.19. The first-order valence-electron chi connectivity index (χ1n) is 5.57. The van der Waals surface area contributed by atoms with E-state index in [4.69, 9.17) is 27.9 Å². The lowest BCUT2D eigenvalue weighted by atomic mass is 10.2. The standard InChI is InChI=1S/C10H17Cl2NO4S/c1-4-18(15,16)6-7-5-13(9(14)8(11)12)10(2,3)17-7/h7-8H,4-6H2,1-3H3. The van der Waals surface area contributed by atoms with Gasteiger partial charge in [-0.3, -0.25) is 4.79 Å². The lowest BCUT2D eigenvalue weighted by Gasteiger charge is -2.30. The van der Waals surface area contributed by atoms with E-state index in [-0.39, 0.29) is 18.1 Å². The zero-order valence-corrected chi connectivity index (χ0v) is 12.8. The monoisotopic (exact) mass is 317 g/mol. The third-order valence-electron chi connectivity index (χ3n) is 2.82. The normalized spacial score (nSPS) is 23.7. The highest BCUT2D eigenvalue weighted by Crippen LogP contribution is 2.29. The van der Waals surface area contributed by atoms with Crippen LogP contribution >= 0.6 is 23.2 Å². The molecule has 0 aromatic rings. The average molecular weight is 318 g/mol. The zero-order valence-electron chi connectivity index (χ0n) is 10.5. The van der Waals surface area contributed by atoms with Crippen molar-refractivity contribution in [1.82, 2.24) is 4.90 Å². The van der Waals surface area contributed by atoms with Crippen LogP contribution in [0, 0.1) is 0 Å². The van der Waals surface area contributed by atoms with Crippen molar-refractivity contribution in [1.29, 1.82) is 0 Å². The van der Waals surface area contributed by atoms with Crippen LogP contribution in [0.15, 0.2) is 0 Å². The average Bonchev–Trinajstić information content (AvgIpc) is 2.51. The topological polar surface area (TPSA) is 63.7 Å². The maximum Gasteiger partial charge on any atom is 0.258 e. The fraction of sp³-hybridized carbons (Fsp3) is 0.900. The molecule has 1 unspecified atom stereocenters. The number of halogens is 2. The van der Waals surface area contributed by atoms with Gasteiger partial charge >= 0.3 is 0 Å². The van der Waals surface area contributed by atoms with Crippen LogP contribution in [0.5, 0.6) is 0 Å². The second-order valence-electron chi connectivity index (χ2n) is 4.64. The Labute approximate surface area is 117 Å². The highest BCUT2D eigenvalue weighted by atomic mass is 35.5. The van der Waals surface area contributed by atoms with Crippen molar-refractivity contribution in [2.45, 2.75) is 37.4 Å². The van der Waals surface area contributed by atoms with Gasteiger partial charge in [0.05, 0.1) is 18.4 Å². The van der Waals surface area contributed by atoms with Gasteiger partial charge in [0.15, 0.2) is 14.7 Å². The van der Waals surface area contributed by atoms with E-state index in [1.165, 1.54) is 4.90 Å². The van der Waals surface area contributed by atoms with Crippen molar-refractivity contribution in [3.05, 3.63) is 0 Å². The van der Waals surface area contributed by atoms with E-state index in [9.17, 15) is 13.2 Å². The molecule has 0 bridgehead atoms. The molecule has 0 spiro atoms. The molecule has 1 fully saturated rings. The summed E-state index contributed by atoms with van der Waals surface area (Å²) in [6.45, 7) is 5.12. The lowest BCUT2D eigenvalue weighted by molar-refractivity contribution is -0.143. The van der Waals surface area contributed by atoms with Crippen LogP contribution < -0.4 is 0 Å². The lowest BCUT2D eigenvalue weighted by Crippen LogP contribution is -2.45. The van der Waals surface area contributed by atoms with Gasteiger partial charge in [-0.15, -0.1) is 0 Å². The third-order valence-corrected chi connectivity index (χ3v) is 4.96. The Balaban J connectivity index is 2.79. The van der Waals surface area contributed by atoms with Crippen molar-refractivity contribution in [3.63, 3.8) is 0 Å². The first-order valence-corrected chi connectivity index (χ1v) is 8.26. The predicted molar refractivity (Wildman–Crippen MR) is 70.5 cm³/mol. The van der Waals surface area contributed by atoms with Gasteiger partial charge in [-0.1, -0.05) is 30.1 Å². The number of rotatable bonds is 4. The summed E-state index contributed by atoms with van der Waals surface area (Å²) in [5, 5.41) is 0. The molecule has 0 aliphatic carbocycles. The molecule has 0 aromatic heterocycles. The summed E-state index contributed by atoms with van der Waals surface area (Å²) in [5.41, 5.74) is -0.896. The van der Waals surface area contributed by atoms with Crippen LogP contribution in [0.3, 0.4) is 0 Å². The maximum atomic E-state index is 11.8. The summed E-state index contributed by atoms with van der Waals surface area (Å²) >= 11 is 11.1. The second-order valence-corrected chi connectivity index (χ2v) is 8.13. The summed E-state index contributed by atoms with van der Waals surface area (Å²) < 4.78 is 28.7. The van der Waals surface area contributed by atoms with E-state index in [0.717, 1.165) is 0 Å². The van der Waals surface area contributed by atoms with Crippen LogP contribution in [0.2, 0.25) is 0 Å². The van der Waals surface area contributed by atoms with Gasteiger partial charge in [0.25, 0.3) is 5.91 Å². The molecule has 1 amide bonds. The van der Waals surface area contributed by atoms with E-state index < -0.39 is 32.4 Å². The molecule has 1 heterocycles. The minimum Gasteiger partial charge on any atom is -0.350 e. The van der Waals surface area contributed by atoms with Crippen LogP contribution in [0.25, 0.3) is 0 Å². The summed E-state index contributed by atoms with van der Waals surface area (Å²) in [6.07, 6.45) is -0.541. The SMILES string of the molecule is CCS(=O)(=O)CC1CN(C(=O)C(Cl)Cl)C(C)(C)O1. The number of carbonyl (C=O) groups excluding carboxylic acids is 1. The van der Waals surface area contributed by atoms with Crippen molar-refractivity contribution in [3.8, 4) is 0 Å². The number of alkyl halides is 2. The van der Waals surface area contributed by atoms with Crippen molar-refractivity contribution >= 4 is 38.9 Å². The van der Waals surface area contributed by atoms with Crippen LogP contribution in [-0.2, 0) is 19.4 Å². The molecule has 5 nitrogen and oxygen atoms in total. The molecule has 18 heavy (non-hydrogen) atoms. The van der Waals surface area contributed by atoms with E-state index in [0.29, 0.717) is 0 Å². The van der Waals surface area contributed by atoms with E-state index in [1.54, 1.807) is 20.8 Å². The van der Waals surface area contributed by atoms with Crippen LogP contribution in [0.4, 0.5) is 0 Å². The maximum absolute atomic E-state index is 11.8. The molecule has 0 aromatic carbocycles. The van der Waals surface area contributed by atoms with Crippen molar-refractivity contribution in [2.24, 2.45) is 0 Å². The molecule has 1 rings (SSSR count). The quantitative estimate of drug-likeness (QED) is 0.731. The van der Waals surface area contributed by atoms with Gasteiger partial charge in [0.2, 0.25) is 0 Å². The third kappa shape index (κ3) is 3.73. The molecular formula is C10H17Cl2NO4S. The van der Waals surface area contributed by atoms with E-state index >= 15 is 0 Å². The first kappa shape index (κ1) is 16.0. The minimum absolute atomic E-state index is 0.0505. The van der Waals surface area contributed by atoms with Gasteiger partial charge in [0.1, 0.15) is 5.72 Å². The van der Waals surface area contributed by atoms with Gasteiger partial charge in [-0.25, -0.2) is 8.42 Å². The molecule has 1 aliphatic rings. The largest absolute Gasteiger partial charge is 0.350 e. The van der Waals surface area contributed by atoms with Gasteiger partial charge in [-0.2, -0.15) is 0 Å². The molecule has 1 saturated heterocycles. The molecule has 0 radical (unpaired) electrons. The molecule has 106 valence electrons. The van der Waals surface area contributed by atoms with E-state index in [2.05, 4.69) is 0 Å². The first-order chi connectivity index (χ1) is 8.09. The van der Waals surface area contributed by atoms with Gasteiger partial charge in [0, 0.05) is 5.75 Å². The minimum atomic E-state index is -3.15. The molecule has 0 saturated carbocycles. The Hall–Kier alpha value is -0.0400. The number of hydrogen-bond donors (Lipinski definition) is 0. The number of sulfone groups is 1. The van der Waals surface area contributed by atoms with Crippen molar-refractivity contribution in [2.75, 3.05) is 18.1 Å².